The summed E-state index contributed by atoms with van der Waals surface area (Å²) < 4.78 is 0. The highest BCUT2D eigenvalue weighted by molar-refractivity contribution is 8.15. The molecule has 16 heavy (non-hydrogen) atoms. The van der Waals surface area contributed by atoms with Gasteiger partial charge in [0.25, 0.3) is 5.91 Å². The summed E-state index contributed by atoms with van der Waals surface area (Å²) in [5.74, 6) is -0.257. The van der Waals surface area contributed by atoms with Crippen molar-refractivity contribution in [2.45, 2.75) is 6.42 Å². The maximum absolute atomic E-state index is 11.4. The second kappa shape index (κ2) is 5.92. The van der Waals surface area contributed by atoms with E-state index in [0.29, 0.717) is 17.5 Å². The number of nitriles is 1. The lowest BCUT2D eigenvalue weighted by molar-refractivity contribution is -0.124. The fraction of sp³-hybridized carbons (Fsp3) is 0.333. The van der Waals surface area contributed by atoms with Crippen LogP contribution in [0, 0.1) is 11.3 Å². The van der Waals surface area contributed by atoms with Crippen molar-refractivity contribution in [1.29, 1.82) is 5.26 Å². The van der Waals surface area contributed by atoms with Crippen LogP contribution in [0.15, 0.2) is 17.8 Å². The number of hydrazone groups is 1. The van der Waals surface area contributed by atoms with Crippen LogP contribution in [-0.2, 0) is 9.59 Å². The van der Waals surface area contributed by atoms with Gasteiger partial charge in [0, 0.05) is 6.54 Å². The minimum atomic E-state index is -0.492. The lowest BCUT2D eigenvalue weighted by Gasteiger charge is -2.12. The van der Waals surface area contributed by atoms with Crippen LogP contribution in [0.5, 0.6) is 0 Å². The van der Waals surface area contributed by atoms with Crippen molar-refractivity contribution in [2.75, 3.05) is 12.3 Å². The van der Waals surface area contributed by atoms with Gasteiger partial charge < -0.3 is 0 Å². The van der Waals surface area contributed by atoms with Crippen LogP contribution in [0.4, 0.5) is 0 Å². The Hall–Kier alpha value is -1.81. The second-order valence-corrected chi connectivity index (χ2v) is 3.79. The van der Waals surface area contributed by atoms with Crippen LogP contribution < -0.4 is 5.43 Å². The van der Waals surface area contributed by atoms with Crippen LogP contribution in [-0.4, -0.2) is 34.2 Å². The zero-order valence-electron chi connectivity index (χ0n) is 8.47. The highest BCUT2D eigenvalue weighted by atomic mass is 32.2. The maximum atomic E-state index is 11.4. The number of hydrogen-bond donors (Lipinski definition) is 1. The molecule has 0 aromatic rings. The Bertz CT molecular complexity index is 385. The number of carbonyl (C=O) groups excluding carboxylic acids is 2. The van der Waals surface area contributed by atoms with E-state index in [9.17, 15) is 9.59 Å². The quantitative estimate of drug-likeness (QED) is 0.554. The number of amidine groups is 1. The van der Waals surface area contributed by atoms with Crippen molar-refractivity contribution >= 4 is 28.7 Å². The smallest absolute Gasteiger partial charge is 0.254 e. The first-order valence-electron chi connectivity index (χ1n) is 4.46. The number of rotatable bonds is 4. The molecule has 1 rings (SSSR count). The van der Waals surface area contributed by atoms with Crippen molar-refractivity contribution in [3.05, 3.63) is 12.7 Å². The van der Waals surface area contributed by atoms with Crippen LogP contribution in [0.3, 0.4) is 0 Å². The number of amides is 2. The molecule has 1 fully saturated rings. The molecular formula is C9H10N4O2S. The summed E-state index contributed by atoms with van der Waals surface area (Å²) in [6.07, 6.45) is 1.33. The number of carbonyl (C=O) groups is 2. The topological polar surface area (TPSA) is 85.6 Å². The molecule has 2 amide bonds. The summed E-state index contributed by atoms with van der Waals surface area (Å²) in [5, 5.41) is 12.5. The standard InChI is InChI=1S/C9H10N4O2S/c1-2-5-13-8(15)6-16-9(13)12-11-7(14)3-4-10/h2H,1,3,5-6H2,(H,11,14)/b12-9-. The molecule has 0 aromatic carbocycles. The van der Waals surface area contributed by atoms with E-state index in [1.165, 1.54) is 16.7 Å². The van der Waals surface area contributed by atoms with E-state index in [4.69, 9.17) is 5.26 Å². The Labute approximate surface area is 97.0 Å². The summed E-state index contributed by atoms with van der Waals surface area (Å²) in [5.41, 5.74) is 2.21. The van der Waals surface area contributed by atoms with E-state index < -0.39 is 5.91 Å². The monoisotopic (exact) mass is 238 g/mol. The second-order valence-electron chi connectivity index (χ2n) is 2.85. The lowest BCUT2D eigenvalue weighted by atomic mass is 10.5. The van der Waals surface area contributed by atoms with Gasteiger partial charge in [0.15, 0.2) is 5.17 Å². The third kappa shape index (κ3) is 3.10. The van der Waals surface area contributed by atoms with Gasteiger partial charge in [-0.1, -0.05) is 17.8 Å². The molecule has 0 atom stereocenters. The largest absolute Gasteiger partial charge is 0.285 e. The molecule has 0 aromatic heterocycles. The fourth-order valence-electron chi connectivity index (χ4n) is 1.01. The van der Waals surface area contributed by atoms with Gasteiger partial charge in [-0.05, 0) is 0 Å². The molecule has 1 heterocycles. The Morgan fingerprint density at radius 2 is 2.56 bits per heavy atom. The van der Waals surface area contributed by atoms with Crippen LogP contribution in [0.1, 0.15) is 6.42 Å². The molecule has 0 spiro atoms. The number of nitrogens with one attached hydrogen (secondary N) is 1. The van der Waals surface area contributed by atoms with Crippen LogP contribution in [0.25, 0.3) is 0 Å². The van der Waals surface area contributed by atoms with Crippen molar-refractivity contribution < 1.29 is 9.59 Å². The first-order chi connectivity index (χ1) is 7.69. The SMILES string of the molecule is C=CCN1C(=O)CS/C1=N\NC(=O)CC#N. The molecule has 7 heteroatoms. The number of hydrogen-bond acceptors (Lipinski definition) is 5. The first-order valence-corrected chi connectivity index (χ1v) is 5.45. The Kier molecular flexibility index (Phi) is 4.54. The van der Waals surface area contributed by atoms with Gasteiger partial charge in [0.2, 0.25) is 5.91 Å². The predicted octanol–water partition coefficient (Wildman–Crippen LogP) is 0.0487. The number of nitrogens with zero attached hydrogens (tertiary/aromatic N) is 3. The summed E-state index contributed by atoms with van der Waals surface area (Å²) in [6, 6.07) is 1.70. The van der Waals surface area contributed by atoms with E-state index in [1.54, 1.807) is 12.1 Å². The van der Waals surface area contributed by atoms with Crippen molar-refractivity contribution in [1.82, 2.24) is 10.3 Å². The van der Waals surface area contributed by atoms with Gasteiger partial charge in [-0.15, -0.1) is 11.7 Å². The highest BCUT2D eigenvalue weighted by Crippen LogP contribution is 2.18. The van der Waals surface area contributed by atoms with E-state index in [-0.39, 0.29) is 12.3 Å². The summed E-state index contributed by atoms with van der Waals surface area (Å²) in [6.45, 7) is 3.89. The molecule has 1 saturated heterocycles. The minimum absolute atomic E-state index is 0.0711. The van der Waals surface area contributed by atoms with Gasteiger partial charge in [0.1, 0.15) is 6.42 Å². The molecule has 84 valence electrons. The van der Waals surface area contributed by atoms with E-state index >= 15 is 0 Å². The van der Waals surface area contributed by atoms with Gasteiger partial charge in [-0.25, -0.2) is 5.43 Å². The normalized spacial score (nSPS) is 17.3. The molecule has 6 nitrogen and oxygen atoms in total. The molecule has 1 N–H and O–H groups in total. The molecule has 0 unspecified atom stereocenters. The maximum Gasteiger partial charge on any atom is 0.254 e. The third-order valence-corrected chi connectivity index (χ3v) is 2.65. The van der Waals surface area contributed by atoms with Crippen LogP contribution in [0.2, 0.25) is 0 Å². The number of thioether (sulfide) groups is 1. The van der Waals surface area contributed by atoms with Crippen molar-refractivity contribution in [2.24, 2.45) is 5.10 Å². The van der Waals surface area contributed by atoms with Gasteiger partial charge in [0.05, 0.1) is 11.8 Å². The Morgan fingerprint density at radius 1 is 1.81 bits per heavy atom. The van der Waals surface area contributed by atoms with E-state index in [2.05, 4.69) is 17.1 Å². The van der Waals surface area contributed by atoms with Crippen molar-refractivity contribution in [3.63, 3.8) is 0 Å². The minimum Gasteiger partial charge on any atom is -0.285 e. The predicted molar refractivity (Wildman–Crippen MR) is 60.2 cm³/mol. The Morgan fingerprint density at radius 3 is 3.19 bits per heavy atom. The lowest BCUT2D eigenvalue weighted by Crippen LogP contribution is -2.31. The summed E-state index contributed by atoms with van der Waals surface area (Å²) in [7, 11) is 0. The molecule has 0 saturated carbocycles. The van der Waals surface area contributed by atoms with Gasteiger partial charge in [-0.3, -0.25) is 14.5 Å². The zero-order valence-corrected chi connectivity index (χ0v) is 9.29. The summed E-state index contributed by atoms with van der Waals surface area (Å²) in [4.78, 5) is 23.7. The molecule has 1 aliphatic rings. The molecular weight excluding hydrogens is 228 g/mol. The van der Waals surface area contributed by atoms with E-state index in [1.807, 2.05) is 0 Å². The zero-order chi connectivity index (χ0) is 12.0. The Balaban J connectivity index is 2.61. The molecule has 0 bridgehead atoms. The first kappa shape index (κ1) is 12.3. The highest BCUT2D eigenvalue weighted by Gasteiger charge is 2.27. The summed E-state index contributed by atoms with van der Waals surface area (Å²) >= 11 is 1.24. The van der Waals surface area contributed by atoms with Crippen LogP contribution >= 0.6 is 11.8 Å². The van der Waals surface area contributed by atoms with Crippen molar-refractivity contribution in [3.8, 4) is 6.07 Å². The average molecular weight is 238 g/mol. The molecule has 0 aliphatic carbocycles. The van der Waals surface area contributed by atoms with E-state index in [0.717, 1.165) is 0 Å². The van der Waals surface area contributed by atoms with Gasteiger partial charge in [-0.2, -0.15) is 5.26 Å². The average Bonchev–Trinajstić information content (AvgIpc) is 2.59. The van der Waals surface area contributed by atoms with Gasteiger partial charge >= 0.3 is 0 Å². The third-order valence-electron chi connectivity index (χ3n) is 1.68. The fourth-order valence-corrected chi connectivity index (χ4v) is 1.86. The molecule has 1 aliphatic heterocycles. The molecule has 0 radical (unpaired) electrons.